The van der Waals surface area contributed by atoms with Crippen molar-refractivity contribution < 1.29 is 18.3 Å². The topological polar surface area (TPSA) is 89.0 Å². The van der Waals surface area contributed by atoms with Crippen LogP contribution < -0.4 is 15.6 Å². The summed E-state index contributed by atoms with van der Waals surface area (Å²) in [5.74, 6) is -1.83. The van der Waals surface area contributed by atoms with Gasteiger partial charge < -0.3 is 15.0 Å². The molecule has 0 saturated carbocycles. The maximum Gasteiger partial charge on any atom is 0.253 e. The van der Waals surface area contributed by atoms with E-state index in [0.29, 0.717) is 11.2 Å². The molecule has 0 aliphatic heterocycles. The molecule has 0 aliphatic rings. The summed E-state index contributed by atoms with van der Waals surface area (Å²) in [6.07, 6.45) is 0.390. The van der Waals surface area contributed by atoms with Crippen LogP contribution in [0.25, 0.3) is 11.0 Å². The lowest BCUT2D eigenvalue weighted by molar-refractivity contribution is -0.121. The lowest BCUT2D eigenvalue weighted by Gasteiger charge is -2.15. The molecule has 160 valence electrons. The van der Waals surface area contributed by atoms with Crippen LogP contribution in [0.2, 0.25) is 0 Å². The molecule has 30 heavy (non-hydrogen) atoms. The van der Waals surface area contributed by atoms with Gasteiger partial charge in [-0.3, -0.25) is 14.3 Å². The Balaban J connectivity index is 1.59. The average molecular weight is 418 g/mol. The minimum absolute atomic E-state index is 0.0226. The van der Waals surface area contributed by atoms with Crippen LogP contribution in [0.5, 0.6) is 5.75 Å². The van der Waals surface area contributed by atoms with E-state index in [-0.39, 0.29) is 36.7 Å². The monoisotopic (exact) mass is 418 g/mol. The summed E-state index contributed by atoms with van der Waals surface area (Å²) in [6.45, 7) is 5.46. The van der Waals surface area contributed by atoms with Crippen molar-refractivity contribution >= 4 is 16.9 Å². The van der Waals surface area contributed by atoms with Crippen molar-refractivity contribution in [3.8, 4) is 5.75 Å². The standard InChI is InChI=1S/C21H24F2N4O3/c1-11(10-30-17-7-5-14(22)9-16(17)23)24-18(28)8-6-15-12(2)19-13(3)26-27(4)20(19)25-21(15)29/h5,7,9,11H,6,8,10H2,1-4H3,(H,24,28)(H,25,29). The number of hydrogen-bond acceptors (Lipinski definition) is 4. The van der Waals surface area contributed by atoms with Gasteiger partial charge in [-0.25, -0.2) is 8.78 Å². The van der Waals surface area contributed by atoms with Crippen molar-refractivity contribution in [1.82, 2.24) is 20.1 Å². The van der Waals surface area contributed by atoms with Gasteiger partial charge >= 0.3 is 0 Å². The Kier molecular flexibility index (Phi) is 6.19. The molecule has 1 aromatic carbocycles. The molecule has 1 atom stereocenters. The molecule has 0 fully saturated rings. The maximum atomic E-state index is 13.6. The molecule has 2 aromatic heterocycles. The number of halogens is 2. The third-order valence-corrected chi connectivity index (χ3v) is 4.95. The van der Waals surface area contributed by atoms with E-state index in [0.717, 1.165) is 28.8 Å². The molecule has 0 saturated heterocycles. The van der Waals surface area contributed by atoms with E-state index in [1.807, 2.05) is 13.8 Å². The van der Waals surface area contributed by atoms with E-state index in [1.54, 1.807) is 18.7 Å². The van der Waals surface area contributed by atoms with Crippen molar-refractivity contribution in [1.29, 1.82) is 0 Å². The molecule has 0 bridgehead atoms. The zero-order valence-corrected chi connectivity index (χ0v) is 17.3. The van der Waals surface area contributed by atoms with Gasteiger partial charge in [-0.2, -0.15) is 5.10 Å². The van der Waals surface area contributed by atoms with E-state index in [9.17, 15) is 18.4 Å². The van der Waals surface area contributed by atoms with Crippen LogP contribution in [0.3, 0.4) is 0 Å². The van der Waals surface area contributed by atoms with Gasteiger partial charge in [0, 0.05) is 30.5 Å². The van der Waals surface area contributed by atoms with Gasteiger partial charge in [-0.05, 0) is 44.9 Å². The molecule has 2 N–H and O–H groups in total. The highest BCUT2D eigenvalue weighted by molar-refractivity contribution is 5.83. The largest absolute Gasteiger partial charge is 0.488 e. The molecule has 1 amide bonds. The van der Waals surface area contributed by atoms with E-state index in [1.165, 1.54) is 6.07 Å². The van der Waals surface area contributed by atoms with Gasteiger partial charge in [0.25, 0.3) is 5.56 Å². The number of nitrogens with zero attached hydrogens (tertiary/aromatic N) is 2. The van der Waals surface area contributed by atoms with E-state index >= 15 is 0 Å². The second kappa shape index (κ2) is 8.64. The van der Waals surface area contributed by atoms with Crippen LogP contribution >= 0.6 is 0 Å². The highest BCUT2D eigenvalue weighted by atomic mass is 19.1. The fraction of sp³-hybridized carbons (Fsp3) is 0.381. The number of nitrogens with one attached hydrogen (secondary N) is 2. The van der Waals surface area contributed by atoms with Crippen molar-refractivity contribution in [3.05, 3.63) is 57.0 Å². The molecular weight excluding hydrogens is 394 g/mol. The SMILES string of the molecule is Cc1nn(C)c2[nH]c(=O)c(CCC(=O)NC(C)COc3ccc(F)cc3F)c(C)c12. The number of aromatic amines is 1. The van der Waals surface area contributed by atoms with Crippen LogP contribution in [0.1, 0.15) is 30.2 Å². The van der Waals surface area contributed by atoms with Crippen molar-refractivity contribution in [2.75, 3.05) is 6.61 Å². The first-order valence-corrected chi connectivity index (χ1v) is 9.59. The highest BCUT2D eigenvalue weighted by Crippen LogP contribution is 2.21. The quantitative estimate of drug-likeness (QED) is 0.618. The van der Waals surface area contributed by atoms with Gasteiger partial charge in [-0.1, -0.05) is 0 Å². The Morgan fingerprint density at radius 1 is 1.33 bits per heavy atom. The van der Waals surface area contributed by atoms with E-state index < -0.39 is 17.7 Å². The van der Waals surface area contributed by atoms with Gasteiger partial charge in [0.1, 0.15) is 18.1 Å². The third kappa shape index (κ3) is 4.50. The summed E-state index contributed by atoms with van der Waals surface area (Å²) in [6, 6.07) is 2.64. The number of aryl methyl sites for hydroxylation is 3. The fourth-order valence-electron chi connectivity index (χ4n) is 3.49. The third-order valence-electron chi connectivity index (χ3n) is 4.95. The van der Waals surface area contributed by atoms with Gasteiger partial charge in [0.15, 0.2) is 11.6 Å². The number of carbonyl (C=O) groups excluding carboxylic acids is 1. The number of aromatic nitrogens is 3. The van der Waals surface area contributed by atoms with E-state index in [4.69, 9.17) is 4.74 Å². The number of hydrogen-bond donors (Lipinski definition) is 2. The van der Waals surface area contributed by atoms with Crippen LogP contribution in [-0.2, 0) is 18.3 Å². The highest BCUT2D eigenvalue weighted by Gasteiger charge is 2.17. The zero-order chi connectivity index (χ0) is 22.0. The lowest BCUT2D eigenvalue weighted by Crippen LogP contribution is -2.37. The number of rotatable bonds is 7. The number of pyridine rings is 1. The average Bonchev–Trinajstić information content (AvgIpc) is 2.94. The molecule has 1 unspecified atom stereocenters. The minimum atomic E-state index is -0.802. The lowest BCUT2D eigenvalue weighted by atomic mass is 10.0. The molecule has 0 aliphatic carbocycles. The Bertz CT molecular complexity index is 1150. The van der Waals surface area contributed by atoms with Crippen LogP contribution in [0, 0.1) is 25.5 Å². The number of carbonyl (C=O) groups is 1. The van der Waals surface area contributed by atoms with Crippen molar-refractivity contribution in [3.63, 3.8) is 0 Å². The first-order valence-electron chi connectivity index (χ1n) is 9.59. The molecule has 7 nitrogen and oxygen atoms in total. The van der Waals surface area contributed by atoms with Crippen LogP contribution in [0.15, 0.2) is 23.0 Å². The Labute approximate surface area is 172 Å². The number of amides is 1. The number of H-pyrrole nitrogens is 1. The maximum absolute atomic E-state index is 13.6. The minimum Gasteiger partial charge on any atom is -0.488 e. The van der Waals surface area contributed by atoms with Crippen molar-refractivity contribution in [2.45, 2.75) is 39.7 Å². The number of fused-ring (bicyclic) bond motifs is 1. The Morgan fingerprint density at radius 3 is 2.77 bits per heavy atom. The van der Waals surface area contributed by atoms with Crippen LogP contribution in [0.4, 0.5) is 8.78 Å². The second-order valence-electron chi connectivity index (χ2n) is 7.34. The van der Waals surface area contributed by atoms with E-state index in [2.05, 4.69) is 15.4 Å². The summed E-state index contributed by atoms with van der Waals surface area (Å²) in [5, 5.41) is 7.97. The molecule has 9 heteroatoms. The normalized spacial score (nSPS) is 12.2. The molecule has 3 aromatic rings. The number of ether oxygens (including phenoxy) is 1. The fourth-order valence-corrected chi connectivity index (χ4v) is 3.49. The summed E-state index contributed by atoms with van der Waals surface area (Å²) in [7, 11) is 1.76. The predicted molar refractivity (Wildman–Crippen MR) is 109 cm³/mol. The van der Waals surface area contributed by atoms with Crippen molar-refractivity contribution in [2.24, 2.45) is 7.05 Å². The summed E-state index contributed by atoms with van der Waals surface area (Å²) in [5.41, 5.74) is 2.59. The molecule has 0 spiro atoms. The molecule has 3 rings (SSSR count). The summed E-state index contributed by atoms with van der Waals surface area (Å²) < 4.78 is 33.4. The molecular formula is C21H24F2N4O3. The predicted octanol–water partition coefficient (Wildman–Crippen LogP) is 2.67. The first-order chi connectivity index (χ1) is 14.2. The van der Waals surface area contributed by atoms with Gasteiger partial charge in [-0.15, -0.1) is 0 Å². The Morgan fingerprint density at radius 2 is 2.07 bits per heavy atom. The molecule has 2 heterocycles. The van der Waals surface area contributed by atoms with Gasteiger partial charge in [0.2, 0.25) is 5.91 Å². The van der Waals surface area contributed by atoms with Gasteiger partial charge in [0.05, 0.1) is 11.7 Å². The summed E-state index contributed by atoms with van der Waals surface area (Å²) >= 11 is 0. The summed E-state index contributed by atoms with van der Waals surface area (Å²) in [4.78, 5) is 27.6. The zero-order valence-electron chi connectivity index (χ0n) is 17.3. The first kappa shape index (κ1) is 21.5. The molecule has 0 radical (unpaired) electrons. The van der Waals surface area contributed by atoms with Crippen LogP contribution in [-0.4, -0.2) is 33.3 Å². The number of benzene rings is 1. The second-order valence-corrected chi connectivity index (χ2v) is 7.34. The Hall–Kier alpha value is -3.23. The smallest absolute Gasteiger partial charge is 0.253 e.